The fourth-order valence-corrected chi connectivity index (χ4v) is 3.29. The van der Waals surface area contributed by atoms with E-state index >= 15 is 0 Å². The number of hydrogen-bond donors (Lipinski definition) is 0. The molecule has 122 valence electrons. The van der Waals surface area contributed by atoms with Gasteiger partial charge in [0.15, 0.2) is 0 Å². The summed E-state index contributed by atoms with van der Waals surface area (Å²) in [5.41, 5.74) is 2.44. The number of rotatable bonds is 4. The molecule has 2 unspecified atom stereocenters. The van der Waals surface area contributed by atoms with Gasteiger partial charge in [-0.25, -0.2) is 0 Å². The SMILES string of the molecule is CN(C)C1CC(N(C)C)N(c2ccccc2)N1c1ccccc1. The Balaban J connectivity index is 2.08. The van der Waals surface area contributed by atoms with Crippen LogP contribution in [0.5, 0.6) is 0 Å². The molecule has 23 heavy (non-hydrogen) atoms. The molecule has 0 saturated carbocycles. The first-order valence-electron chi connectivity index (χ1n) is 8.11. The fourth-order valence-electron chi connectivity index (χ4n) is 3.29. The Morgan fingerprint density at radius 3 is 1.30 bits per heavy atom. The van der Waals surface area contributed by atoms with Crippen LogP contribution in [0, 0.1) is 0 Å². The highest BCUT2D eigenvalue weighted by atomic mass is 15.7. The number of hydrogen-bond acceptors (Lipinski definition) is 4. The van der Waals surface area contributed by atoms with E-state index < -0.39 is 0 Å². The van der Waals surface area contributed by atoms with E-state index in [1.807, 2.05) is 0 Å². The molecule has 4 nitrogen and oxygen atoms in total. The minimum atomic E-state index is 0.324. The van der Waals surface area contributed by atoms with E-state index in [-0.39, 0.29) is 0 Å². The zero-order valence-electron chi connectivity index (χ0n) is 14.4. The summed E-state index contributed by atoms with van der Waals surface area (Å²) < 4.78 is 0. The lowest BCUT2D eigenvalue weighted by atomic mass is 10.2. The van der Waals surface area contributed by atoms with E-state index in [2.05, 4.69) is 109 Å². The van der Waals surface area contributed by atoms with Crippen molar-refractivity contribution in [2.45, 2.75) is 18.8 Å². The van der Waals surface area contributed by atoms with Gasteiger partial charge in [0, 0.05) is 6.42 Å². The van der Waals surface area contributed by atoms with E-state index in [4.69, 9.17) is 0 Å². The van der Waals surface area contributed by atoms with Gasteiger partial charge < -0.3 is 0 Å². The molecular weight excluding hydrogens is 284 g/mol. The molecule has 2 atom stereocenters. The molecule has 2 aromatic carbocycles. The van der Waals surface area contributed by atoms with Crippen LogP contribution >= 0.6 is 0 Å². The maximum atomic E-state index is 2.42. The van der Waals surface area contributed by atoms with Gasteiger partial charge in [0.1, 0.15) is 12.3 Å². The van der Waals surface area contributed by atoms with Gasteiger partial charge in [0.05, 0.1) is 11.4 Å². The van der Waals surface area contributed by atoms with Crippen LogP contribution < -0.4 is 10.0 Å². The van der Waals surface area contributed by atoms with Crippen molar-refractivity contribution in [3.05, 3.63) is 60.7 Å². The van der Waals surface area contributed by atoms with Crippen LogP contribution in [0.1, 0.15) is 6.42 Å². The van der Waals surface area contributed by atoms with E-state index in [0.717, 1.165) is 6.42 Å². The molecule has 1 heterocycles. The number of hydrazine groups is 1. The molecule has 0 amide bonds. The molecular formula is C19H26N4. The second-order valence-corrected chi connectivity index (χ2v) is 6.48. The van der Waals surface area contributed by atoms with Crippen molar-refractivity contribution in [3.8, 4) is 0 Å². The van der Waals surface area contributed by atoms with E-state index in [1.165, 1.54) is 11.4 Å². The Labute approximate surface area is 139 Å². The van der Waals surface area contributed by atoms with Crippen LogP contribution in [-0.4, -0.2) is 50.3 Å². The number of benzene rings is 2. The Kier molecular flexibility index (Phi) is 4.55. The third kappa shape index (κ3) is 3.05. The standard InChI is InChI=1S/C19H26N4/c1-20(2)18-15-19(21(3)4)23(17-13-9-6-10-14-17)22(18)16-11-7-5-8-12-16/h5-14,18-19H,15H2,1-4H3. The summed E-state index contributed by atoms with van der Waals surface area (Å²) in [6.07, 6.45) is 1.71. The summed E-state index contributed by atoms with van der Waals surface area (Å²) >= 11 is 0. The van der Waals surface area contributed by atoms with Gasteiger partial charge >= 0.3 is 0 Å². The maximum absolute atomic E-state index is 2.42. The van der Waals surface area contributed by atoms with Gasteiger partial charge in [0.25, 0.3) is 0 Å². The predicted octanol–water partition coefficient (Wildman–Crippen LogP) is 3.09. The molecule has 1 saturated heterocycles. The molecule has 3 rings (SSSR count). The lowest BCUT2D eigenvalue weighted by molar-refractivity contribution is 0.257. The van der Waals surface area contributed by atoms with Crippen molar-refractivity contribution < 1.29 is 0 Å². The quantitative estimate of drug-likeness (QED) is 0.860. The summed E-state index contributed by atoms with van der Waals surface area (Å²) in [5.74, 6) is 0. The second kappa shape index (κ2) is 6.60. The second-order valence-electron chi connectivity index (χ2n) is 6.48. The van der Waals surface area contributed by atoms with Crippen LogP contribution in [0.3, 0.4) is 0 Å². The Morgan fingerprint density at radius 1 is 0.652 bits per heavy atom. The minimum absolute atomic E-state index is 0.324. The molecule has 1 aliphatic heterocycles. The Hall–Kier alpha value is -2.04. The first-order chi connectivity index (χ1) is 11.1. The zero-order chi connectivity index (χ0) is 16.4. The number of para-hydroxylation sites is 2. The van der Waals surface area contributed by atoms with Gasteiger partial charge in [-0.05, 0) is 52.5 Å². The summed E-state index contributed by atoms with van der Waals surface area (Å²) in [5, 5.41) is 4.83. The number of nitrogens with zero attached hydrogens (tertiary/aromatic N) is 4. The molecule has 1 aliphatic rings. The van der Waals surface area contributed by atoms with Crippen LogP contribution in [0.25, 0.3) is 0 Å². The Bertz CT molecular complexity index is 556. The van der Waals surface area contributed by atoms with Crippen molar-refractivity contribution in [3.63, 3.8) is 0 Å². The lowest BCUT2D eigenvalue weighted by Crippen LogP contribution is -2.51. The van der Waals surface area contributed by atoms with Gasteiger partial charge in [-0.1, -0.05) is 36.4 Å². The van der Waals surface area contributed by atoms with Crippen LogP contribution in [0.4, 0.5) is 11.4 Å². The molecule has 4 heteroatoms. The van der Waals surface area contributed by atoms with E-state index in [9.17, 15) is 0 Å². The van der Waals surface area contributed by atoms with Gasteiger partial charge in [0.2, 0.25) is 0 Å². The summed E-state index contributed by atoms with van der Waals surface area (Å²) in [6, 6.07) is 21.3. The zero-order valence-corrected chi connectivity index (χ0v) is 14.4. The van der Waals surface area contributed by atoms with Crippen LogP contribution in [0.15, 0.2) is 60.7 Å². The smallest absolute Gasteiger partial charge is 0.105 e. The van der Waals surface area contributed by atoms with Crippen molar-refractivity contribution in [1.82, 2.24) is 9.80 Å². The van der Waals surface area contributed by atoms with Gasteiger partial charge in [-0.2, -0.15) is 0 Å². The highest BCUT2D eigenvalue weighted by molar-refractivity contribution is 5.60. The average Bonchev–Trinajstić information content (AvgIpc) is 2.97. The fraction of sp³-hybridized carbons (Fsp3) is 0.368. The predicted molar refractivity (Wildman–Crippen MR) is 97.4 cm³/mol. The van der Waals surface area contributed by atoms with Crippen molar-refractivity contribution in [2.24, 2.45) is 0 Å². The molecule has 0 spiro atoms. The third-order valence-electron chi connectivity index (χ3n) is 4.45. The molecule has 0 aromatic heterocycles. The lowest BCUT2D eigenvalue weighted by Gasteiger charge is -2.40. The molecule has 2 aromatic rings. The van der Waals surface area contributed by atoms with Crippen LogP contribution in [0.2, 0.25) is 0 Å². The van der Waals surface area contributed by atoms with E-state index in [0.29, 0.717) is 12.3 Å². The monoisotopic (exact) mass is 310 g/mol. The van der Waals surface area contributed by atoms with Crippen molar-refractivity contribution in [2.75, 3.05) is 38.2 Å². The Morgan fingerprint density at radius 2 is 1.00 bits per heavy atom. The highest BCUT2D eigenvalue weighted by Gasteiger charge is 2.41. The number of anilines is 2. The van der Waals surface area contributed by atoms with Gasteiger partial charge in [-0.3, -0.25) is 19.8 Å². The summed E-state index contributed by atoms with van der Waals surface area (Å²) in [6.45, 7) is 0. The molecule has 1 fully saturated rings. The first kappa shape index (κ1) is 15.8. The highest BCUT2D eigenvalue weighted by Crippen LogP contribution is 2.36. The van der Waals surface area contributed by atoms with E-state index in [1.54, 1.807) is 0 Å². The van der Waals surface area contributed by atoms with Crippen LogP contribution in [-0.2, 0) is 0 Å². The maximum Gasteiger partial charge on any atom is 0.105 e. The minimum Gasteiger partial charge on any atom is -0.288 e. The third-order valence-corrected chi connectivity index (χ3v) is 4.45. The topological polar surface area (TPSA) is 13.0 Å². The normalized spacial score (nSPS) is 21.5. The largest absolute Gasteiger partial charge is 0.288 e. The molecule has 0 N–H and O–H groups in total. The molecule has 0 aliphatic carbocycles. The molecule has 0 radical (unpaired) electrons. The van der Waals surface area contributed by atoms with Gasteiger partial charge in [-0.15, -0.1) is 0 Å². The summed E-state index contributed by atoms with van der Waals surface area (Å²) in [4.78, 5) is 4.60. The summed E-state index contributed by atoms with van der Waals surface area (Å²) in [7, 11) is 8.62. The average molecular weight is 310 g/mol. The van der Waals surface area contributed by atoms with Crippen molar-refractivity contribution >= 4 is 11.4 Å². The first-order valence-corrected chi connectivity index (χ1v) is 8.11. The van der Waals surface area contributed by atoms with Crippen molar-refractivity contribution in [1.29, 1.82) is 0 Å². The molecule has 0 bridgehead atoms.